The van der Waals surface area contributed by atoms with Gasteiger partial charge >= 0.3 is 0 Å². The topological polar surface area (TPSA) is 64.8 Å². The van der Waals surface area contributed by atoms with Crippen molar-refractivity contribution in [2.75, 3.05) is 13.7 Å². The van der Waals surface area contributed by atoms with Crippen molar-refractivity contribution in [3.05, 3.63) is 28.7 Å². The number of rotatable bonds is 9. The SMILES string of the molecule is CCCCCCCOc1ccc(C=C2SC(=S)N(N)C2=O)cc1OC. The molecule has 0 bridgehead atoms. The summed E-state index contributed by atoms with van der Waals surface area (Å²) in [4.78, 5) is 12.5. The predicted octanol–water partition coefficient (Wildman–Crippen LogP) is 4.12. The maximum Gasteiger partial charge on any atom is 0.280 e. The molecule has 1 fully saturated rings. The zero-order chi connectivity index (χ0) is 18.2. The number of carbonyl (C=O) groups is 1. The molecule has 1 aliphatic rings. The number of hydrogen-bond acceptors (Lipinski definition) is 6. The van der Waals surface area contributed by atoms with Gasteiger partial charge in [0.25, 0.3) is 5.91 Å². The average molecular weight is 381 g/mol. The third-order valence-electron chi connectivity index (χ3n) is 3.81. The molecule has 7 heteroatoms. The Morgan fingerprint density at radius 1 is 1.24 bits per heavy atom. The standard InChI is InChI=1S/C18H24N2O3S2/c1-3-4-5-6-7-10-23-14-9-8-13(11-15(14)22-2)12-16-17(21)20(19)18(24)25-16/h8-9,11-12H,3-7,10,19H2,1-2H3. The van der Waals surface area contributed by atoms with Crippen LogP contribution in [0.2, 0.25) is 0 Å². The molecule has 1 aliphatic heterocycles. The average Bonchev–Trinajstić information content (AvgIpc) is 2.85. The van der Waals surface area contributed by atoms with E-state index < -0.39 is 0 Å². The summed E-state index contributed by atoms with van der Waals surface area (Å²) in [6, 6.07) is 5.59. The van der Waals surface area contributed by atoms with E-state index in [0.29, 0.717) is 27.3 Å². The molecular weight excluding hydrogens is 356 g/mol. The zero-order valence-corrected chi connectivity index (χ0v) is 16.3. The van der Waals surface area contributed by atoms with Gasteiger partial charge in [0, 0.05) is 0 Å². The lowest BCUT2D eigenvalue weighted by Gasteiger charge is -2.11. The molecule has 0 aromatic heterocycles. The van der Waals surface area contributed by atoms with E-state index in [9.17, 15) is 4.79 Å². The molecule has 5 nitrogen and oxygen atoms in total. The molecule has 136 valence electrons. The summed E-state index contributed by atoms with van der Waals surface area (Å²) in [5, 5.41) is 0.985. The van der Waals surface area contributed by atoms with Gasteiger partial charge in [-0.15, -0.1) is 0 Å². The van der Waals surface area contributed by atoms with Crippen molar-refractivity contribution in [2.24, 2.45) is 5.84 Å². The molecule has 0 atom stereocenters. The van der Waals surface area contributed by atoms with Gasteiger partial charge in [0.05, 0.1) is 18.6 Å². The van der Waals surface area contributed by atoms with Crippen LogP contribution in [0.1, 0.15) is 44.6 Å². The zero-order valence-electron chi connectivity index (χ0n) is 14.6. The Morgan fingerprint density at radius 2 is 2.00 bits per heavy atom. The Kier molecular flexibility index (Phi) is 7.74. The summed E-state index contributed by atoms with van der Waals surface area (Å²) in [6.07, 6.45) is 7.71. The normalized spacial score (nSPS) is 16.0. The van der Waals surface area contributed by atoms with Crippen molar-refractivity contribution >= 4 is 40.3 Å². The Labute approximate surface area is 158 Å². The highest BCUT2D eigenvalue weighted by Gasteiger charge is 2.29. The maximum absolute atomic E-state index is 12.0. The van der Waals surface area contributed by atoms with Gasteiger partial charge in [0.15, 0.2) is 15.8 Å². The minimum atomic E-state index is -0.290. The number of unbranched alkanes of at least 4 members (excludes halogenated alkanes) is 4. The van der Waals surface area contributed by atoms with Gasteiger partial charge in [-0.1, -0.05) is 62.7 Å². The number of thioether (sulfide) groups is 1. The minimum Gasteiger partial charge on any atom is -0.493 e. The predicted molar refractivity (Wildman–Crippen MR) is 106 cm³/mol. The molecule has 0 spiro atoms. The van der Waals surface area contributed by atoms with Gasteiger partial charge in [0.2, 0.25) is 0 Å². The lowest BCUT2D eigenvalue weighted by atomic mass is 10.1. The number of hydrogen-bond donors (Lipinski definition) is 1. The van der Waals surface area contributed by atoms with Crippen LogP contribution in [-0.4, -0.2) is 29.0 Å². The van der Waals surface area contributed by atoms with Gasteiger partial charge in [-0.2, -0.15) is 0 Å². The summed E-state index contributed by atoms with van der Waals surface area (Å²) < 4.78 is 11.6. The van der Waals surface area contributed by atoms with E-state index in [2.05, 4.69) is 6.92 Å². The number of nitrogens with zero attached hydrogens (tertiary/aromatic N) is 1. The monoisotopic (exact) mass is 380 g/mol. The van der Waals surface area contributed by atoms with Crippen LogP contribution in [0, 0.1) is 0 Å². The maximum atomic E-state index is 12.0. The molecule has 1 aromatic rings. The molecule has 0 unspecified atom stereocenters. The summed E-state index contributed by atoms with van der Waals surface area (Å²) in [5.41, 5.74) is 0.834. The summed E-state index contributed by atoms with van der Waals surface area (Å²) in [7, 11) is 1.60. The highest BCUT2D eigenvalue weighted by molar-refractivity contribution is 8.26. The van der Waals surface area contributed by atoms with Crippen molar-refractivity contribution in [3.8, 4) is 11.5 Å². The highest BCUT2D eigenvalue weighted by Crippen LogP contribution is 2.33. The molecule has 0 aliphatic carbocycles. The van der Waals surface area contributed by atoms with Crippen molar-refractivity contribution < 1.29 is 14.3 Å². The molecule has 1 saturated heterocycles. The van der Waals surface area contributed by atoms with Crippen LogP contribution < -0.4 is 15.3 Å². The Bertz CT molecular complexity index is 662. The smallest absolute Gasteiger partial charge is 0.280 e. The molecule has 0 radical (unpaired) electrons. The third-order valence-corrected chi connectivity index (χ3v) is 5.14. The number of nitrogens with two attached hydrogens (primary N) is 1. The number of methoxy groups -OCH3 is 1. The second-order valence-corrected chi connectivity index (χ2v) is 7.40. The van der Waals surface area contributed by atoms with E-state index >= 15 is 0 Å². The quantitative estimate of drug-likeness (QED) is 0.229. The van der Waals surface area contributed by atoms with Crippen molar-refractivity contribution in [3.63, 3.8) is 0 Å². The second-order valence-electron chi connectivity index (χ2n) is 5.72. The minimum absolute atomic E-state index is 0.290. The molecular formula is C18H24N2O3S2. The van der Waals surface area contributed by atoms with Crippen LogP contribution in [0.5, 0.6) is 11.5 Å². The molecule has 2 N–H and O–H groups in total. The number of thiocarbonyl (C=S) groups is 1. The van der Waals surface area contributed by atoms with Crippen LogP contribution in [0.4, 0.5) is 0 Å². The molecule has 0 saturated carbocycles. The highest BCUT2D eigenvalue weighted by atomic mass is 32.2. The number of benzene rings is 1. The van der Waals surface area contributed by atoms with Gasteiger partial charge in [0.1, 0.15) is 0 Å². The lowest BCUT2D eigenvalue weighted by Crippen LogP contribution is -2.34. The first-order valence-electron chi connectivity index (χ1n) is 8.40. The van der Waals surface area contributed by atoms with E-state index in [0.717, 1.165) is 17.0 Å². The molecule has 1 aromatic carbocycles. The number of ether oxygens (including phenoxy) is 2. The van der Waals surface area contributed by atoms with Crippen LogP contribution in [0.25, 0.3) is 6.08 Å². The molecule has 1 heterocycles. The molecule has 25 heavy (non-hydrogen) atoms. The molecule has 1 amide bonds. The second kappa shape index (κ2) is 9.79. The summed E-state index contributed by atoms with van der Waals surface area (Å²) >= 11 is 6.21. The van der Waals surface area contributed by atoms with Crippen molar-refractivity contribution in [2.45, 2.75) is 39.0 Å². The van der Waals surface area contributed by atoms with Gasteiger partial charge < -0.3 is 9.47 Å². The number of hydrazine groups is 1. The Hall–Kier alpha value is -1.57. The number of carbonyl (C=O) groups excluding carboxylic acids is 1. The van der Waals surface area contributed by atoms with Gasteiger partial charge in [-0.05, 0) is 30.2 Å². The van der Waals surface area contributed by atoms with Crippen molar-refractivity contribution in [1.82, 2.24) is 5.01 Å². The fraction of sp³-hybridized carbons (Fsp3) is 0.444. The van der Waals surface area contributed by atoms with Gasteiger partial charge in [-0.25, -0.2) is 10.9 Å². The molecule has 2 rings (SSSR count). The van der Waals surface area contributed by atoms with Crippen LogP contribution in [0.3, 0.4) is 0 Å². The van der Waals surface area contributed by atoms with Crippen molar-refractivity contribution in [1.29, 1.82) is 0 Å². The van der Waals surface area contributed by atoms with Gasteiger partial charge in [-0.3, -0.25) is 4.79 Å². The van der Waals surface area contributed by atoms with Crippen LogP contribution in [-0.2, 0) is 4.79 Å². The lowest BCUT2D eigenvalue weighted by molar-refractivity contribution is -0.122. The van der Waals surface area contributed by atoms with Crippen LogP contribution in [0.15, 0.2) is 23.1 Å². The summed E-state index contributed by atoms with van der Waals surface area (Å²) in [6.45, 7) is 2.87. The Morgan fingerprint density at radius 3 is 2.64 bits per heavy atom. The first kappa shape index (κ1) is 19.8. The van der Waals surface area contributed by atoms with E-state index in [-0.39, 0.29) is 5.91 Å². The first-order valence-corrected chi connectivity index (χ1v) is 9.62. The fourth-order valence-electron chi connectivity index (χ4n) is 2.41. The first-order chi connectivity index (χ1) is 12.1. The fourth-order valence-corrected chi connectivity index (χ4v) is 3.51. The van der Waals surface area contributed by atoms with E-state index in [4.69, 9.17) is 27.5 Å². The Balaban J connectivity index is 1.99. The van der Waals surface area contributed by atoms with E-state index in [1.54, 1.807) is 13.2 Å². The van der Waals surface area contributed by atoms with E-state index in [1.807, 2.05) is 18.2 Å². The summed E-state index contributed by atoms with van der Waals surface area (Å²) in [5.74, 6) is 6.64. The number of amides is 1. The largest absolute Gasteiger partial charge is 0.493 e. The third kappa shape index (κ3) is 5.45. The van der Waals surface area contributed by atoms with E-state index in [1.165, 1.54) is 37.4 Å². The van der Waals surface area contributed by atoms with Crippen LogP contribution >= 0.6 is 24.0 Å².